The Balaban J connectivity index is 1.55. The Bertz CT molecular complexity index is 958. The van der Waals surface area contributed by atoms with Crippen molar-refractivity contribution in [3.63, 3.8) is 0 Å². The number of H-pyrrole nitrogens is 1. The van der Waals surface area contributed by atoms with Crippen LogP contribution in [0.2, 0.25) is 0 Å². The second-order valence-electron chi connectivity index (χ2n) is 8.02. The molecule has 30 heavy (non-hydrogen) atoms. The average molecular weight is 422 g/mol. The van der Waals surface area contributed by atoms with Crippen LogP contribution < -0.4 is 10.1 Å². The van der Waals surface area contributed by atoms with Gasteiger partial charge in [-0.3, -0.25) is 0 Å². The summed E-state index contributed by atoms with van der Waals surface area (Å²) in [5.41, 5.74) is 3.48. The molecule has 1 aliphatic carbocycles. The first-order valence-electron chi connectivity index (χ1n) is 11.1. The highest BCUT2D eigenvalue weighted by atomic mass is 32.1. The third-order valence-electron chi connectivity index (χ3n) is 5.96. The van der Waals surface area contributed by atoms with Crippen LogP contribution in [0.1, 0.15) is 51.0 Å². The van der Waals surface area contributed by atoms with Gasteiger partial charge in [0.2, 0.25) is 0 Å². The van der Waals surface area contributed by atoms with Crippen LogP contribution in [0.25, 0.3) is 10.9 Å². The van der Waals surface area contributed by atoms with Gasteiger partial charge in [0, 0.05) is 35.4 Å². The number of thiocarbonyl (C=S) groups is 1. The summed E-state index contributed by atoms with van der Waals surface area (Å²) in [5, 5.41) is 5.56. The fourth-order valence-corrected chi connectivity index (χ4v) is 4.71. The summed E-state index contributed by atoms with van der Waals surface area (Å²) >= 11 is 5.94. The van der Waals surface area contributed by atoms with E-state index in [0.29, 0.717) is 12.6 Å². The minimum Gasteiger partial charge on any atom is -0.494 e. The van der Waals surface area contributed by atoms with Crippen LogP contribution >= 0.6 is 12.2 Å². The molecule has 0 amide bonds. The molecule has 1 heterocycles. The number of benzene rings is 2. The molecule has 2 N–H and O–H groups in total. The molecule has 1 aliphatic rings. The fraction of sp³-hybridized carbons (Fsp3) is 0.400. The molecule has 5 heteroatoms. The van der Waals surface area contributed by atoms with Crippen LogP contribution in [-0.2, 0) is 6.54 Å². The molecule has 0 radical (unpaired) electrons. The number of nitrogens with zero attached hydrogens (tertiary/aromatic N) is 1. The third-order valence-corrected chi connectivity index (χ3v) is 6.30. The number of aromatic amines is 1. The van der Waals surface area contributed by atoms with Gasteiger partial charge in [0.05, 0.1) is 6.61 Å². The van der Waals surface area contributed by atoms with Gasteiger partial charge < -0.3 is 19.9 Å². The Morgan fingerprint density at radius 1 is 1.07 bits per heavy atom. The van der Waals surface area contributed by atoms with Gasteiger partial charge in [0.15, 0.2) is 5.11 Å². The van der Waals surface area contributed by atoms with E-state index in [1.807, 2.05) is 31.2 Å². The second-order valence-corrected chi connectivity index (χ2v) is 8.41. The lowest BCUT2D eigenvalue weighted by molar-refractivity contribution is 0.281. The number of para-hydroxylation sites is 1. The first kappa shape index (κ1) is 20.7. The molecule has 0 aliphatic heterocycles. The number of hydrogen-bond acceptors (Lipinski definition) is 2. The molecule has 4 nitrogen and oxygen atoms in total. The summed E-state index contributed by atoms with van der Waals surface area (Å²) in [4.78, 5) is 5.82. The topological polar surface area (TPSA) is 40.3 Å². The molecule has 3 aromatic rings. The Morgan fingerprint density at radius 3 is 2.53 bits per heavy atom. The Morgan fingerprint density at radius 2 is 1.80 bits per heavy atom. The lowest BCUT2D eigenvalue weighted by Gasteiger charge is -2.33. The van der Waals surface area contributed by atoms with E-state index in [2.05, 4.69) is 45.7 Å². The lowest BCUT2D eigenvalue weighted by Crippen LogP contribution is -2.42. The maximum atomic E-state index is 5.94. The van der Waals surface area contributed by atoms with Gasteiger partial charge in [-0.2, -0.15) is 0 Å². The van der Waals surface area contributed by atoms with Crippen molar-refractivity contribution in [1.29, 1.82) is 0 Å². The Hall–Kier alpha value is -2.53. The van der Waals surface area contributed by atoms with Crippen LogP contribution in [0.3, 0.4) is 0 Å². The summed E-state index contributed by atoms with van der Waals surface area (Å²) in [5.74, 6) is 0.883. The van der Waals surface area contributed by atoms with Gasteiger partial charge in [0.1, 0.15) is 5.75 Å². The van der Waals surface area contributed by atoms with Gasteiger partial charge in [-0.05, 0) is 67.9 Å². The van der Waals surface area contributed by atoms with Crippen LogP contribution in [0.15, 0.2) is 54.7 Å². The van der Waals surface area contributed by atoms with E-state index in [9.17, 15) is 0 Å². The quantitative estimate of drug-likeness (QED) is 0.353. The van der Waals surface area contributed by atoms with Gasteiger partial charge >= 0.3 is 0 Å². The summed E-state index contributed by atoms with van der Waals surface area (Å²) in [6.07, 6.45) is 9.75. The third kappa shape index (κ3) is 4.96. The maximum Gasteiger partial charge on any atom is 0.173 e. The number of hydrogen-bond donors (Lipinski definition) is 2. The molecule has 0 spiro atoms. The van der Waals surface area contributed by atoms with E-state index in [-0.39, 0.29) is 0 Å². The summed E-state index contributed by atoms with van der Waals surface area (Å²) in [7, 11) is 0. The normalized spacial score (nSPS) is 15.0. The number of fused-ring (bicyclic) bond motifs is 1. The molecule has 2 aromatic carbocycles. The van der Waals surface area contributed by atoms with E-state index in [1.54, 1.807) is 0 Å². The van der Waals surface area contributed by atoms with Gasteiger partial charge in [-0.15, -0.1) is 0 Å². The fourth-order valence-electron chi connectivity index (χ4n) is 4.38. The molecular weight excluding hydrogens is 390 g/mol. The zero-order chi connectivity index (χ0) is 20.8. The van der Waals surface area contributed by atoms with Crippen molar-refractivity contribution >= 4 is 33.9 Å². The SMILES string of the molecule is CCOc1ccc(NC(=S)N(Cc2c[nH]c3ccccc23)C2CCCCCC2)cc1. The lowest BCUT2D eigenvalue weighted by atomic mass is 10.1. The molecule has 1 fully saturated rings. The van der Waals surface area contributed by atoms with Crippen molar-refractivity contribution in [2.45, 2.75) is 58.0 Å². The van der Waals surface area contributed by atoms with Gasteiger partial charge in [-0.1, -0.05) is 43.9 Å². The predicted octanol–water partition coefficient (Wildman–Crippen LogP) is 6.49. The second kappa shape index (κ2) is 9.98. The van der Waals surface area contributed by atoms with Crippen molar-refractivity contribution in [2.75, 3.05) is 11.9 Å². The van der Waals surface area contributed by atoms with Crippen molar-refractivity contribution in [2.24, 2.45) is 0 Å². The van der Waals surface area contributed by atoms with E-state index in [0.717, 1.165) is 23.1 Å². The van der Waals surface area contributed by atoms with Crippen LogP contribution in [-0.4, -0.2) is 27.6 Å². The Kier molecular flexibility index (Phi) is 6.90. The molecule has 1 saturated carbocycles. The molecule has 0 atom stereocenters. The van der Waals surface area contributed by atoms with E-state index in [1.165, 1.54) is 55.0 Å². The summed E-state index contributed by atoms with van der Waals surface area (Å²) in [6, 6.07) is 17.0. The van der Waals surface area contributed by atoms with E-state index in [4.69, 9.17) is 17.0 Å². The molecular formula is C25H31N3OS. The molecule has 4 rings (SSSR count). The number of aromatic nitrogens is 1. The average Bonchev–Trinajstić information content (AvgIpc) is 2.98. The predicted molar refractivity (Wildman–Crippen MR) is 129 cm³/mol. The smallest absolute Gasteiger partial charge is 0.173 e. The molecule has 158 valence electrons. The molecule has 0 saturated heterocycles. The molecule has 1 aromatic heterocycles. The number of rotatable bonds is 6. The van der Waals surface area contributed by atoms with Crippen LogP contribution in [0, 0.1) is 0 Å². The van der Waals surface area contributed by atoms with Crippen molar-refractivity contribution in [3.05, 3.63) is 60.3 Å². The molecule has 0 unspecified atom stereocenters. The monoisotopic (exact) mass is 421 g/mol. The Labute approximate surface area is 184 Å². The van der Waals surface area contributed by atoms with E-state index < -0.39 is 0 Å². The zero-order valence-electron chi connectivity index (χ0n) is 17.7. The van der Waals surface area contributed by atoms with Gasteiger partial charge in [-0.25, -0.2) is 0 Å². The first-order chi connectivity index (χ1) is 14.7. The van der Waals surface area contributed by atoms with Crippen molar-refractivity contribution in [3.8, 4) is 5.75 Å². The van der Waals surface area contributed by atoms with Crippen LogP contribution in [0.4, 0.5) is 5.69 Å². The van der Waals surface area contributed by atoms with Crippen molar-refractivity contribution in [1.82, 2.24) is 9.88 Å². The zero-order valence-corrected chi connectivity index (χ0v) is 18.5. The highest BCUT2D eigenvalue weighted by Gasteiger charge is 2.23. The minimum atomic E-state index is 0.476. The maximum absolute atomic E-state index is 5.94. The summed E-state index contributed by atoms with van der Waals surface area (Å²) < 4.78 is 5.56. The van der Waals surface area contributed by atoms with Crippen LogP contribution in [0.5, 0.6) is 5.75 Å². The number of nitrogens with one attached hydrogen (secondary N) is 2. The van der Waals surface area contributed by atoms with Gasteiger partial charge in [0.25, 0.3) is 0 Å². The number of ether oxygens (including phenoxy) is 1. The number of anilines is 1. The summed E-state index contributed by atoms with van der Waals surface area (Å²) in [6.45, 7) is 3.49. The molecule has 0 bridgehead atoms. The minimum absolute atomic E-state index is 0.476. The largest absolute Gasteiger partial charge is 0.494 e. The van der Waals surface area contributed by atoms with E-state index >= 15 is 0 Å². The first-order valence-corrected chi connectivity index (χ1v) is 11.5. The van der Waals surface area contributed by atoms with Crippen molar-refractivity contribution < 1.29 is 4.74 Å². The standard InChI is InChI=1S/C25H31N3OS/c1-2-29-22-15-13-20(14-16-22)27-25(30)28(21-9-5-3-4-6-10-21)18-19-17-26-24-12-8-7-11-23(19)24/h7-8,11-17,21,26H,2-6,9-10,18H2,1H3,(H,27,30). The highest BCUT2D eigenvalue weighted by Crippen LogP contribution is 2.27. The highest BCUT2D eigenvalue weighted by molar-refractivity contribution is 7.80.